The molecule has 0 atom stereocenters. The molecule has 5 nitrogen and oxygen atoms in total. The van der Waals surface area contributed by atoms with E-state index in [1.54, 1.807) is 6.33 Å². The molecule has 1 aliphatic heterocycles. The van der Waals surface area contributed by atoms with Crippen molar-refractivity contribution in [3.8, 4) is 0 Å². The summed E-state index contributed by atoms with van der Waals surface area (Å²) in [5, 5.41) is 8.12. The first kappa shape index (κ1) is 12.2. The maximum atomic E-state index is 5.96. The van der Waals surface area contributed by atoms with E-state index in [0.717, 1.165) is 17.9 Å². The molecule has 1 saturated heterocycles. The van der Waals surface area contributed by atoms with Gasteiger partial charge in [-0.3, -0.25) is 0 Å². The van der Waals surface area contributed by atoms with Gasteiger partial charge < -0.3 is 15.0 Å². The molecule has 2 aromatic rings. The molecule has 3 rings (SSSR count). The summed E-state index contributed by atoms with van der Waals surface area (Å²) in [5.41, 5.74) is 9.17. The molecule has 2 N–H and O–H groups in total. The highest BCUT2D eigenvalue weighted by Crippen LogP contribution is 2.36. The van der Waals surface area contributed by atoms with Crippen LogP contribution in [0.15, 0.2) is 24.5 Å². The molecular weight excluding hydrogens is 240 g/mol. The Morgan fingerprint density at radius 2 is 2.16 bits per heavy atom. The zero-order valence-electron chi connectivity index (χ0n) is 11.3. The van der Waals surface area contributed by atoms with Crippen LogP contribution in [0.1, 0.15) is 17.0 Å². The molecule has 0 radical (unpaired) electrons. The average Bonchev–Trinajstić information content (AvgIpc) is 2.68. The van der Waals surface area contributed by atoms with Gasteiger partial charge in [-0.05, 0) is 30.2 Å². The highest BCUT2D eigenvalue weighted by molar-refractivity contribution is 5.47. The van der Waals surface area contributed by atoms with E-state index in [0.29, 0.717) is 13.2 Å². The Hall–Kier alpha value is -1.88. The Balaban J connectivity index is 1.97. The van der Waals surface area contributed by atoms with Gasteiger partial charge in [0.25, 0.3) is 0 Å². The van der Waals surface area contributed by atoms with Gasteiger partial charge in [0.05, 0.1) is 13.2 Å². The molecule has 1 fully saturated rings. The molecule has 1 aromatic carbocycles. The van der Waals surface area contributed by atoms with Crippen LogP contribution in [0.25, 0.3) is 0 Å². The fourth-order valence-corrected chi connectivity index (χ4v) is 2.61. The number of nitrogens with two attached hydrogens (primary N) is 1. The zero-order valence-corrected chi connectivity index (χ0v) is 11.3. The van der Waals surface area contributed by atoms with E-state index in [9.17, 15) is 0 Å². The van der Waals surface area contributed by atoms with Crippen LogP contribution in [0.5, 0.6) is 0 Å². The zero-order chi connectivity index (χ0) is 13.5. The fourth-order valence-electron chi connectivity index (χ4n) is 2.61. The van der Waals surface area contributed by atoms with Crippen LogP contribution in [0.4, 0.5) is 5.69 Å². The molecule has 0 bridgehead atoms. The van der Waals surface area contributed by atoms with Gasteiger partial charge in [0, 0.05) is 24.6 Å². The molecule has 100 valence electrons. The van der Waals surface area contributed by atoms with E-state index in [1.165, 1.54) is 11.1 Å². The van der Waals surface area contributed by atoms with Crippen molar-refractivity contribution < 1.29 is 4.74 Å². The van der Waals surface area contributed by atoms with Gasteiger partial charge in [-0.2, -0.15) is 0 Å². The third-order valence-electron chi connectivity index (χ3n) is 3.77. The monoisotopic (exact) mass is 258 g/mol. The van der Waals surface area contributed by atoms with Crippen molar-refractivity contribution in [1.82, 2.24) is 14.8 Å². The second-order valence-corrected chi connectivity index (χ2v) is 5.44. The molecular formula is C14H18N4O. The Bertz CT molecular complexity index is 581. The van der Waals surface area contributed by atoms with Gasteiger partial charge in [-0.1, -0.05) is 6.07 Å². The molecule has 0 saturated carbocycles. The summed E-state index contributed by atoms with van der Waals surface area (Å²) in [6.45, 7) is 3.49. The van der Waals surface area contributed by atoms with Crippen molar-refractivity contribution in [1.29, 1.82) is 0 Å². The summed E-state index contributed by atoms with van der Waals surface area (Å²) in [4.78, 5) is 0. The number of hydrogen-bond donors (Lipinski definition) is 1. The molecule has 5 heteroatoms. The number of nitrogen functional groups attached to an aromatic ring is 1. The lowest BCUT2D eigenvalue weighted by atomic mass is 9.75. The van der Waals surface area contributed by atoms with Crippen molar-refractivity contribution >= 4 is 5.69 Å². The van der Waals surface area contributed by atoms with Crippen LogP contribution in [-0.2, 0) is 23.6 Å². The predicted octanol–water partition coefficient (Wildman–Crippen LogP) is 1.22. The summed E-state index contributed by atoms with van der Waals surface area (Å²) in [6.07, 6.45) is 2.56. The van der Waals surface area contributed by atoms with Crippen LogP contribution < -0.4 is 5.73 Å². The van der Waals surface area contributed by atoms with E-state index in [-0.39, 0.29) is 5.41 Å². The first-order chi connectivity index (χ1) is 9.09. The summed E-state index contributed by atoms with van der Waals surface area (Å²) < 4.78 is 7.42. The van der Waals surface area contributed by atoms with Crippen molar-refractivity contribution in [3.63, 3.8) is 0 Å². The highest BCUT2D eigenvalue weighted by Gasteiger charge is 2.41. The Morgan fingerprint density at radius 3 is 2.68 bits per heavy atom. The van der Waals surface area contributed by atoms with Gasteiger partial charge in [-0.15, -0.1) is 10.2 Å². The fraction of sp³-hybridized carbons (Fsp3) is 0.429. The summed E-state index contributed by atoms with van der Waals surface area (Å²) in [6, 6.07) is 6.22. The topological polar surface area (TPSA) is 66.0 Å². The molecule has 19 heavy (non-hydrogen) atoms. The lowest BCUT2D eigenvalue weighted by Gasteiger charge is -2.42. The Kier molecular flexibility index (Phi) is 2.78. The number of hydrogen-bond acceptors (Lipinski definition) is 4. The summed E-state index contributed by atoms with van der Waals surface area (Å²) in [7, 11) is 1.97. The maximum Gasteiger partial charge on any atom is 0.133 e. The maximum absolute atomic E-state index is 5.96. The quantitative estimate of drug-likeness (QED) is 0.841. The Morgan fingerprint density at radius 1 is 1.37 bits per heavy atom. The first-order valence-electron chi connectivity index (χ1n) is 6.37. The summed E-state index contributed by atoms with van der Waals surface area (Å²) in [5.74, 6) is 0.975. The van der Waals surface area contributed by atoms with Crippen molar-refractivity contribution in [2.45, 2.75) is 18.8 Å². The minimum atomic E-state index is -0.0130. The number of aryl methyl sites for hydroxylation is 2. The normalized spacial score (nSPS) is 17.2. The standard InChI is InChI=1S/C14H18N4O/c1-10-3-11(5-12(15)4-10)14(7-19-8-14)6-13-17-16-9-18(13)2/h3-5,9H,6-8,15H2,1-2H3. The van der Waals surface area contributed by atoms with Crippen molar-refractivity contribution in [3.05, 3.63) is 41.5 Å². The number of rotatable bonds is 3. The van der Waals surface area contributed by atoms with Gasteiger partial charge in [0.1, 0.15) is 12.2 Å². The largest absolute Gasteiger partial charge is 0.399 e. The van der Waals surface area contributed by atoms with Gasteiger partial charge in [0.15, 0.2) is 0 Å². The van der Waals surface area contributed by atoms with E-state index in [2.05, 4.69) is 23.2 Å². The minimum absolute atomic E-state index is 0.0130. The average molecular weight is 258 g/mol. The van der Waals surface area contributed by atoms with E-state index in [4.69, 9.17) is 10.5 Å². The smallest absolute Gasteiger partial charge is 0.133 e. The van der Waals surface area contributed by atoms with Crippen LogP contribution in [0.3, 0.4) is 0 Å². The highest BCUT2D eigenvalue weighted by atomic mass is 16.5. The number of nitrogens with zero attached hydrogens (tertiary/aromatic N) is 3. The van der Waals surface area contributed by atoms with Crippen molar-refractivity contribution in [2.75, 3.05) is 18.9 Å². The first-order valence-corrected chi connectivity index (χ1v) is 6.37. The molecule has 2 heterocycles. The molecule has 0 spiro atoms. The number of aromatic nitrogens is 3. The number of benzene rings is 1. The number of ether oxygens (including phenoxy) is 1. The van der Waals surface area contributed by atoms with Crippen LogP contribution >= 0.6 is 0 Å². The third kappa shape index (κ3) is 2.10. The predicted molar refractivity (Wildman–Crippen MR) is 72.8 cm³/mol. The Labute approximate surface area is 112 Å². The van der Waals surface area contributed by atoms with E-state index >= 15 is 0 Å². The van der Waals surface area contributed by atoms with Gasteiger partial charge >= 0.3 is 0 Å². The molecule has 0 amide bonds. The summed E-state index contributed by atoms with van der Waals surface area (Å²) >= 11 is 0. The lowest BCUT2D eigenvalue weighted by molar-refractivity contribution is -0.0611. The van der Waals surface area contributed by atoms with Crippen LogP contribution in [0, 0.1) is 6.92 Å². The molecule has 0 unspecified atom stereocenters. The second kappa shape index (κ2) is 4.35. The van der Waals surface area contributed by atoms with Gasteiger partial charge in [0.2, 0.25) is 0 Å². The molecule has 1 aliphatic rings. The molecule has 0 aliphatic carbocycles. The second-order valence-electron chi connectivity index (χ2n) is 5.44. The minimum Gasteiger partial charge on any atom is -0.399 e. The number of anilines is 1. The lowest BCUT2D eigenvalue weighted by Crippen LogP contribution is -2.49. The third-order valence-corrected chi connectivity index (χ3v) is 3.77. The van der Waals surface area contributed by atoms with E-state index < -0.39 is 0 Å². The van der Waals surface area contributed by atoms with Crippen molar-refractivity contribution in [2.24, 2.45) is 7.05 Å². The van der Waals surface area contributed by atoms with Crippen LogP contribution in [0.2, 0.25) is 0 Å². The molecule has 1 aromatic heterocycles. The van der Waals surface area contributed by atoms with E-state index in [1.807, 2.05) is 23.7 Å². The SMILES string of the molecule is Cc1cc(N)cc(C2(Cc3nncn3C)COC2)c1. The van der Waals surface area contributed by atoms with Crippen LogP contribution in [-0.4, -0.2) is 28.0 Å². The van der Waals surface area contributed by atoms with Gasteiger partial charge in [-0.25, -0.2) is 0 Å².